The number of imidazole rings is 2. The maximum atomic E-state index is 14.2. The van der Waals surface area contributed by atoms with E-state index < -0.39 is 24.3 Å². The van der Waals surface area contributed by atoms with Crippen molar-refractivity contribution in [2.45, 2.75) is 93.8 Å². The van der Waals surface area contributed by atoms with Crippen LogP contribution in [0.4, 0.5) is 9.59 Å². The van der Waals surface area contributed by atoms with E-state index in [0.29, 0.717) is 24.2 Å². The molecule has 0 radical (unpaired) electrons. The molecular weight excluding hydrogens is 893 g/mol. The molecule has 1 saturated carbocycles. The number of hydrogen-bond donors (Lipinski definition) is 4. The summed E-state index contributed by atoms with van der Waals surface area (Å²) in [6.45, 7) is 1.12. The molecule has 0 unspecified atom stereocenters. The first kappa shape index (κ1) is 45.7. The monoisotopic (exact) mass is 950 g/mol. The Morgan fingerprint density at radius 1 is 0.634 bits per heavy atom. The molecule has 14 nitrogen and oxygen atoms in total. The highest BCUT2D eigenvalue weighted by atomic mass is 16.5. The zero-order valence-corrected chi connectivity index (χ0v) is 40.1. The van der Waals surface area contributed by atoms with Crippen molar-refractivity contribution < 1.29 is 28.7 Å². The van der Waals surface area contributed by atoms with Crippen LogP contribution in [0.15, 0.2) is 121 Å². The molecule has 2 aliphatic carbocycles. The first-order chi connectivity index (χ1) is 34.7. The van der Waals surface area contributed by atoms with Gasteiger partial charge in [-0.2, -0.15) is 0 Å². The van der Waals surface area contributed by atoms with Gasteiger partial charge < -0.3 is 39.9 Å². The molecule has 2 aliphatic heterocycles. The zero-order chi connectivity index (χ0) is 48.6. The predicted molar refractivity (Wildman–Crippen MR) is 270 cm³/mol. The summed E-state index contributed by atoms with van der Waals surface area (Å²) in [4.78, 5) is 73.7. The minimum Gasteiger partial charge on any atom is -0.453 e. The van der Waals surface area contributed by atoms with Gasteiger partial charge >= 0.3 is 12.2 Å². The van der Waals surface area contributed by atoms with Crippen molar-refractivity contribution in [3.05, 3.63) is 155 Å². The van der Waals surface area contributed by atoms with Crippen LogP contribution in [0.3, 0.4) is 0 Å². The number of amides is 4. The number of aromatic amines is 2. The number of carbonyl (C=O) groups is 4. The fourth-order valence-electron chi connectivity index (χ4n) is 12.1. The Balaban J connectivity index is 0.850. The van der Waals surface area contributed by atoms with Crippen LogP contribution in [0.5, 0.6) is 0 Å². The first-order valence-corrected chi connectivity index (χ1v) is 24.9. The molecule has 0 bridgehead atoms. The van der Waals surface area contributed by atoms with Crippen molar-refractivity contribution in [3.63, 3.8) is 0 Å². The number of methoxy groups -OCH3 is 2. The molecule has 2 saturated heterocycles. The number of benzene rings is 5. The fourth-order valence-corrected chi connectivity index (χ4v) is 12.1. The number of fused-ring (bicyclic) bond motifs is 3. The Bertz CT molecular complexity index is 3110. The highest BCUT2D eigenvalue weighted by molar-refractivity contribution is 5.89. The second-order valence-electron chi connectivity index (χ2n) is 19.5. The van der Waals surface area contributed by atoms with E-state index in [-0.39, 0.29) is 29.3 Å². The third kappa shape index (κ3) is 8.59. The van der Waals surface area contributed by atoms with Crippen LogP contribution < -0.4 is 10.6 Å². The van der Waals surface area contributed by atoms with Gasteiger partial charge in [-0.05, 0) is 119 Å². The van der Waals surface area contributed by atoms with Gasteiger partial charge in [0.2, 0.25) is 0 Å². The number of H-pyrrole nitrogens is 2. The molecular formula is C57H58N8O6. The average Bonchev–Trinajstić information content (AvgIpc) is 4.29. The smallest absolute Gasteiger partial charge is 0.407 e. The van der Waals surface area contributed by atoms with Crippen molar-refractivity contribution in [1.29, 1.82) is 0 Å². The van der Waals surface area contributed by atoms with E-state index in [0.717, 1.165) is 78.0 Å². The number of carbonyl (C=O) groups excluding carboxylic acids is 4. The maximum absolute atomic E-state index is 14.2. The highest BCUT2D eigenvalue weighted by Crippen LogP contribution is 2.55. The summed E-state index contributed by atoms with van der Waals surface area (Å²) in [7, 11) is 2.59. The van der Waals surface area contributed by atoms with E-state index in [9.17, 15) is 19.2 Å². The Labute approximate surface area is 412 Å². The molecule has 11 rings (SSSR count). The van der Waals surface area contributed by atoms with Gasteiger partial charge in [0, 0.05) is 13.1 Å². The number of nitrogens with zero attached hydrogens (tertiary/aromatic N) is 4. The summed E-state index contributed by atoms with van der Waals surface area (Å²) in [6.07, 6.45) is 10.7. The van der Waals surface area contributed by atoms with Gasteiger partial charge in [0.15, 0.2) is 0 Å². The lowest BCUT2D eigenvalue weighted by molar-refractivity contribution is -0.135. The van der Waals surface area contributed by atoms with Crippen LogP contribution in [0.2, 0.25) is 0 Å². The van der Waals surface area contributed by atoms with E-state index in [2.05, 4.69) is 75.2 Å². The summed E-state index contributed by atoms with van der Waals surface area (Å²) in [5, 5.41) is 5.51. The number of ether oxygens (including phenoxy) is 2. The van der Waals surface area contributed by atoms with E-state index in [1.807, 2.05) is 76.7 Å². The molecule has 4 heterocycles. The zero-order valence-electron chi connectivity index (χ0n) is 40.1. The van der Waals surface area contributed by atoms with E-state index in [4.69, 9.17) is 19.4 Å². The maximum Gasteiger partial charge on any atom is 0.407 e. The molecule has 5 aromatic carbocycles. The van der Waals surface area contributed by atoms with E-state index >= 15 is 0 Å². The number of hydrogen-bond acceptors (Lipinski definition) is 8. The summed E-state index contributed by atoms with van der Waals surface area (Å²) >= 11 is 0. The van der Waals surface area contributed by atoms with E-state index in [1.54, 1.807) is 0 Å². The Kier molecular flexibility index (Phi) is 12.4. The van der Waals surface area contributed by atoms with Gasteiger partial charge in [-0.15, -0.1) is 0 Å². The molecule has 4 N–H and O–H groups in total. The summed E-state index contributed by atoms with van der Waals surface area (Å²) in [6, 6.07) is 36.1. The largest absolute Gasteiger partial charge is 0.453 e. The van der Waals surface area contributed by atoms with Crippen LogP contribution in [0, 0.1) is 0 Å². The van der Waals surface area contributed by atoms with Crippen LogP contribution >= 0.6 is 0 Å². The van der Waals surface area contributed by atoms with Gasteiger partial charge in [-0.3, -0.25) is 9.59 Å². The molecule has 7 aromatic rings. The lowest BCUT2D eigenvalue weighted by atomic mass is 9.76. The molecule has 4 aliphatic rings. The van der Waals surface area contributed by atoms with Crippen molar-refractivity contribution >= 4 is 35.0 Å². The SMILES string of the molecule is COC(=O)N[C@H](C(=O)N1CCC[C@H]1c1ncc(-c2ccc(-c3ccc(-c4ccc5nc([C@@H]6CCCN6C(=O)[C@@H](NC(=O)OC)c6ccccc6)[nH]c5c4)c4c3C3(CCCC3)CC4)cc2)[nH]1)c1ccccc1. The van der Waals surface area contributed by atoms with Crippen LogP contribution in [-0.4, -0.2) is 81.0 Å². The lowest BCUT2D eigenvalue weighted by Crippen LogP contribution is -2.42. The molecule has 4 amide bonds. The standard InChI is InChI=1S/C57H58N8O6/c1-70-55(68)62-49(37-13-5-3-6-14-37)53(66)64-31-11-17-46(64)51-58-34-45(61-51)36-21-19-35(20-22-36)41-25-24-40(42-27-30-57(48(41)42)28-9-10-29-57)39-23-26-43-44(33-39)60-52(59-43)47-18-12-32-65(47)54(67)50(63-56(69)71-2)38-15-7-4-8-16-38/h3-8,13-16,19-26,33-34,46-47,49-50H,9-12,17-18,27-32H2,1-2H3,(H,58,61)(H,59,60)(H,62,68)(H,63,69)/t46-,47-,49-,50-/m0/s1. The Hall–Kier alpha value is -7.74. The molecule has 71 heavy (non-hydrogen) atoms. The van der Waals surface area contributed by atoms with E-state index in [1.165, 1.54) is 67.7 Å². The number of nitrogens with one attached hydrogen (secondary N) is 4. The molecule has 362 valence electrons. The summed E-state index contributed by atoms with van der Waals surface area (Å²) in [5.41, 5.74) is 13.0. The Morgan fingerprint density at radius 3 is 1.80 bits per heavy atom. The van der Waals surface area contributed by atoms with Gasteiger partial charge in [0.05, 0.1) is 49.2 Å². The number of rotatable bonds is 11. The van der Waals surface area contributed by atoms with Crippen LogP contribution in [0.1, 0.15) is 116 Å². The molecule has 14 heteroatoms. The van der Waals surface area contributed by atoms with Gasteiger partial charge in [-0.25, -0.2) is 19.6 Å². The number of likely N-dealkylation sites (tertiary alicyclic amines) is 2. The molecule has 1 spiro atoms. The van der Waals surface area contributed by atoms with Crippen molar-refractivity contribution in [1.82, 2.24) is 40.4 Å². The predicted octanol–water partition coefficient (Wildman–Crippen LogP) is 10.6. The van der Waals surface area contributed by atoms with Crippen LogP contribution in [0.25, 0.3) is 44.5 Å². The highest BCUT2D eigenvalue weighted by Gasteiger charge is 2.44. The normalized spacial score (nSPS) is 18.9. The lowest BCUT2D eigenvalue weighted by Gasteiger charge is -2.28. The summed E-state index contributed by atoms with van der Waals surface area (Å²) < 4.78 is 9.78. The van der Waals surface area contributed by atoms with Crippen molar-refractivity contribution in [2.24, 2.45) is 0 Å². The third-order valence-electron chi connectivity index (χ3n) is 15.5. The molecule has 4 atom stereocenters. The van der Waals surface area contributed by atoms with Crippen LogP contribution in [-0.2, 0) is 30.9 Å². The van der Waals surface area contributed by atoms with Gasteiger partial charge in [0.25, 0.3) is 11.8 Å². The minimum absolute atomic E-state index is 0.151. The minimum atomic E-state index is -0.885. The molecule has 3 fully saturated rings. The number of alkyl carbamates (subject to hydrolysis) is 2. The average molecular weight is 951 g/mol. The molecule has 2 aromatic heterocycles. The summed E-state index contributed by atoms with van der Waals surface area (Å²) in [5.74, 6) is 1.07. The van der Waals surface area contributed by atoms with Crippen molar-refractivity contribution in [2.75, 3.05) is 27.3 Å². The topological polar surface area (TPSA) is 175 Å². The van der Waals surface area contributed by atoms with Crippen molar-refractivity contribution in [3.8, 4) is 33.5 Å². The first-order valence-electron chi connectivity index (χ1n) is 24.9. The third-order valence-corrected chi connectivity index (χ3v) is 15.5. The quantitative estimate of drug-likeness (QED) is 0.0991. The van der Waals surface area contributed by atoms with Gasteiger partial charge in [-0.1, -0.05) is 116 Å². The Morgan fingerprint density at radius 2 is 1.20 bits per heavy atom. The van der Waals surface area contributed by atoms with Gasteiger partial charge in [0.1, 0.15) is 23.7 Å². The fraction of sp³-hybridized carbons (Fsp3) is 0.333. The second kappa shape index (κ2) is 19.2. The number of aromatic nitrogens is 4. The second-order valence-corrected chi connectivity index (χ2v) is 19.5.